The summed E-state index contributed by atoms with van der Waals surface area (Å²) in [5, 5.41) is 24.1. The minimum absolute atomic E-state index is 0.00828. The number of furan rings is 1. The molecule has 1 atom stereocenters. The predicted molar refractivity (Wildman–Crippen MR) is 94.2 cm³/mol. The second kappa shape index (κ2) is 7.47. The van der Waals surface area contributed by atoms with Crippen LogP contribution in [0.1, 0.15) is 17.4 Å². The maximum Gasteiger partial charge on any atom is 0.262 e. The van der Waals surface area contributed by atoms with Crippen LogP contribution in [0.4, 0.5) is 0 Å². The molecule has 1 heterocycles. The quantitative estimate of drug-likeness (QED) is 0.555. The molecule has 2 N–H and O–H groups in total. The van der Waals surface area contributed by atoms with Crippen molar-refractivity contribution in [3.05, 3.63) is 77.8 Å². The smallest absolute Gasteiger partial charge is 0.262 e. The molecular weight excluding hydrogens is 316 g/mol. The Kier molecular flexibility index (Phi) is 4.93. The summed E-state index contributed by atoms with van der Waals surface area (Å²) in [6, 6.07) is 18.6. The molecular formula is C20H16N2O3. The van der Waals surface area contributed by atoms with E-state index in [2.05, 4.69) is 5.32 Å². The van der Waals surface area contributed by atoms with Crippen LogP contribution in [0.5, 0.6) is 0 Å². The van der Waals surface area contributed by atoms with E-state index in [1.54, 1.807) is 12.1 Å². The number of carbonyl (C=O) groups excluding carboxylic acids is 1. The Morgan fingerprint density at radius 1 is 1.20 bits per heavy atom. The van der Waals surface area contributed by atoms with Crippen molar-refractivity contribution in [3.8, 4) is 6.07 Å². The minimum atomic E-state index is -0.864. The van der Waals surface area contributed by atoms with Gasteiger partial charge in [0.15, 0.2) is 0 Å². The lowest BCUT2D eigenvalue weighted by atomic mass is 10.0. The number of nitrogens with zero attached hydrogens (tertiary/aromatic N) is 1. The fourth-order valence-corrected chi connectivity index (χ4v) is 2.48. The number of fused-ring (bicyclic) bond motifs is 1. The maximum absolute atomic E-state index is 12.1. The van der Waals surface area contributed by atoms with Gasteiger partial charge < -0.3 is 14.8 Å². The predicted octanol–water partition coefficient (Wildman–Crippen LogP) is 3.19. The molecule has 2 aromatic carbocycles. The summed E-state index contributed by atoms with van der Waals surface area (Å²) in [6.45, 7) is 0.00828. The van der Waals surface area contributed by atoms with Gasteiger partial charge in [0, 0.05) is 12.6 Å². The fraction of sp³-hybridized carbons (Fsp3) is 0.100. The molecule has 3 aromatic rings. The Labute approximate surface area is 144 Å². The van der Waals surface area contributed by atoms with E-state index in [9.17, 15) is 9.90 Å². The Morgan fingerprint density at radius 3 is 2.72 bits per heavy atom. The van der Waals surface area contributed by atoms with Gasteiger partial charge in [-0.1, -0.05) is 36.4 Å². The van der Waals surface area contributed by atoms with Crippen molar-refractivity contribution in [2.24, 2.45) is 0 Å². The molecule has 1 amide bonds. The summed E-state index contributed by atoms with van der Waals surface area (Å²) in [5.41, 5.74) is 0.619. The molecule has 5 heteroatoms. The third-order valence-electron chi connectivity index (χ3n) is 3.81. The summed E-state index contributed by atoms with van der Waals surface area (Å²) < 4.78 is 5.09. The lowest BCUT2D eigenvalue weighted by molar-refractivity contribution is -0.117. The van der Waals surface area contributed by atoms with Gasteiger partial charge >= 0.3 is 0 Å². The van der Waals surface area contributed by atoms with Gasteiger partial charge in [-0.25, -0.2) is 0 Å². The van der Waals surface area contributed by atoms with Crippen LogP contribution in [-0.2, 0) is 4.79 Å². The molecule has 1 unspecified atom stereocenters. The number of carbonyl (C=O) groups is 1. The lowest BCUT2D eigenvalue weighted by Gasteiger charge is -2.13. The van der Waals surface area contributed by atoms with Crippen LogP contribution >= 0.6 is 0 Å². The first kappa shape index (κ1) is 16.5. The van der Waals surface area contributed by atoms with Crippen LogP contribution in [0.15, 0.2) is 70.9 Å². The highest BCUT2D eigenvalue weighted by Crippen LogP contribution is 2.20. The average molecular weight is 332 g/mol. The van der Waals surface area contributed by atoms with Crippen LogP contribution in [-0.4, -0.2) is 17.6 Å². The second-order valence-corrected chi connectivity index (χ2v) is 5.52. The zero-order valence-electron chi connectivity index (χ0n) is 13.3. The van der Waals surface area contributed by atoms with Gasteiger partial charge in [-0.2, -0.15) is 5.26 Å². The van der Waals surface area contributed by atoms with Gasteiger partial charge in [0.25, 0.3) is 5.91 Å². The number of aliphatic hydroxyl groups excluding tert-OH is 1. The van der Waals surface area contributed by atoms with Gasteiger partial charge in [0.1, 0.15) is 17.4 Å². The molecule has 0 aliphatic rings. The summed E-state index contributed by atoms with van der Waals surface area (Å²) in [4.78, 5) is 12.1. The number of hydrogen-bond acceptors (Lipinski definition) is 4. The zero-order valence-corrected chi connectivity index (χ0v) is 13.3. The van der Waals surface area contributed by atoms with E-state index in [-0.39, 0.29) is 12.1 Å². The van der Waals surface area contributed by atoms with Crippen LogP contribution < -0.4 is 5.32 Å². The molecule has 0 saturated heterocycles. The molecule has 5 nitrogen and oxygen atoms in total. The van der Waals surface area contributed by atoms with Crippen LogP contribution in [0.3, 0.4) is 0 Å². The van der Waals surface area contributed by atoms with E-state index in [1.165, 1.54) is 12.3 Å². The second-order valence-electron chi connectivity index (χ2n) is 5.52. The number of amides is 1. The van der Waals surface area contributed by atoms with Crippen molar-refractivity contribution < 1.29 is 14.3 Å². The maximum atomic E-state index is 12.1. The monoisotopic (exact) mass is 332 g/mol. The summed E-state index contributed by atoms with van der Waals surface area (Å²) in [6.07, 6.45) is 1.96. The Hall–Kier alpha value is -3.36. The standard InChI is InChI=1S/C20H16N2O3/c21-12-17(11-18-6-3-9-25-18)20(24)22-13-19(23)16-8-7-14-4-1-2-5-15(14)10-16/h1-11,19,23H,13H2,(H,22,24)/b17-11+. The number of benzene rings is 2. The molecule has 0 saturated carbocycles. The number of aliphatic hydroxyl groups is 1. The van der Waals surface area contributed by atoms with Crippen molar-refractivity contribution in [1.29, 1.82) is 5.26 Å². The molecule has 3 rings (SSSR count). The molecule has 0 aliphatic heterocycles. The SMILES string of the molecule is N#C/C(=C\c1ccco1)C(=O)NCC(O)c1ccc2ccccc2c1. The lowest BCUT2D eigenvalue weighted by Crippen LogP contribution is -2.29. The third kappa shape index (κ3) is 3.94. The van der Waals surface area contributed by atoms with Gasteiger partial charge in [0.05, 0.1) is 12.4 Å². The molecule has 0 aliphatic carbocycles. The van der Waals surface area contributed by atoms with Crippen LogP contribution in [0.2, 0.25) is 0 Å². The van der Waals surface area contributed by atoms with E-state index >= 15 is 0 Å². The van der Waals surface area contributed by atoms with Crippen molar-refractivity contribution in [2.75, 3.05) is 6.54 Å². The zero-order chi connectivity index (χ0) is 17.6. The van der Waals surface area contributed by atoms with Gasteiger partial charge in [-0.05, 0) is 34.5 Å². The Morgan fingerprint density at radius 2 is 2.00 bits per heavy atom. The topological polar surface area (TPSA) is 86.3 Å². The van der Waals surface area contributed by atoms with E-state index in [0.717, 1.165) is 10.8 Å². The van der Waals surface area contributed by atoms with Crippen molar-refractivity contribution in [1.82, 2.24) is 5.32 Å². The van der Waals surface area contributed by atoms with Gasteiger partial charge in [0.2, 0.25) is 0 Å². The molecule has 0 spiro atoms. The Bertz CT molecular complexity index is 952. The molecule has 0 radical (unpaired) electrons. The van der Waals surface area contributed by atoms with Crippen molar-refractivity contribution in [2.45, 2.75) is 6.10 Å². The molecule has 0 fully saturated rings. The normalized spacial score (nSPS) is 12.6. The number of hydrogen-bond donors (Lipinski definition) is 2. The first-order chi connectivity index (χ1) is 12.2. The summed E-state index contributed by atoms with van der Waals surface area (Å²) in [5.74, 6) is -0.138. The third-order valence-corrected chi connectivity index (χ3v) is 3.81. The number of nitrogens with one attached hydrogen (secondary N) is 1. The molecule has 25 heavy (non-hydrogen) atoms. The summed E-state index contributed by atoms with van der Waals surface area (Å²) >= 11 is 0. The molecule has 124 valence electrons. The average Bonchev–Trinajstić information content (AvgIpc) is 3.16. The fourth-order valence-electron chi connectivity index (χ4n) is 2.48. The van der Waals surface area contributed by atoms with Crippen LogP contribution in [0, 0.1) is 11.3 Å². The minimum Gasteiger partial charge on any atom is -0.465 e. The van der Waals surface area contributed by atoms with E-state index in [4.69, 9.17) is 9.68 Å². The van der Waals surface area contributed by atoms with Crippen molar-refractivity contribution in [3.63, 3.8) is 0 Å². The van der Waals surface area contributed by atoms with Crippen molar-refractivity contribution >= 4 is 22.8 Å². The van der Waals surface area contributed by atoms with E-state index in [0.29, 0.717) is 11.3 Å². The first-order valence-corrected chi connectivity index (χ1v) is 7.77. The summed E-state index contributed by atoms with van der Waals surface area (Å²) in [7, 11) is 0. The highest BCUT2D eigenvalue weighted by Gasteiger charge is 2.13. The number of rotatable bonds is 5. The first-order valence-electron chi connectivity index (χ1n) is 7.77. The number of nitriles is 1. The molecule has 0 bridgehead atoms. The molecule has 1 aromatic heterocycles. The van der Waals surface area contributed by atoms with Crippen LogP contribution in [0.25, 0.3) is 16.8 Å². The largest absolute Gasteiger partial charge is 0.465 e. The van der Waals surface area contributed by atoms with Gasteiger partial charge in [-0.15, -0.1) is 0 Å². The van der Waals surface area contributed by atoms with Gasteiger partial charge in [-0.3, -0.25) is 4.79 Å². The van der Waals surface area contributed by atoms with E-state index < -0.39 is 12.0 Å². The Balaban J connectivity index is 1.67. The highest BCUT2D eigenvalue weighted by molar-refractivity contribution is 6.01. The highest BCUT2D eigenvalue weighted by atomic mass is 16.3. The van der Waals surface area contributed by atoms with E-state index in [1.807, 2.05) is 48.5 Å².